The maximum absolute atomic E-state index is 13.8. The van der Waals surface area contributed by atoms with Crippen LogP contribution in [-0.4, -0.2) is 18.0 Å². The van der Waals surface area contributed by atoms with E-state index in [-0.39, 0.29) is 18.8 Å². The Labute approximate surface area is 163 Å². The average molecular weight is 418 g/mol. The van der Waals surface area contributed by atoms with Gasteiger partial charge in [0.1, 0.15) is 0 Å². The van der Waals surface area contributed by atoms with Gasteiger partial charge in [-0.3, -0.25) is 0 Å². The molecule has 0 aromatic rings. The molecule has 2 rings (SSSR count). The summed E-state index contributed by atoms with van der Waals surface area (Å²) in [6.07, 6.45) is 4.47. The normalized spacial score (nSPS) is 30.4. The van der Waals surface area contributed by atoms with Gasteiger partial charge in [-0.15, -0.1) is 0 Å². The summed E-state index contributed by atoms with van der Waals surface area (Å²) in [6.45, 7) is 2.19. The predicted molar refractivity (Wildman–Crippen MR) is 95.6 cm³/mol. The average Bonchev–Trinajstić information content (AvgIpc) is 2.65. The molecule has 0 radical (unpaired) electrons. The Morgan fingerprint density at radius 1 is 0.607 bits per heavy atom. The van der Waals surface area contributed by atoms with Crippen molar-refractivity contribution in [2.75, 3.05) is 0 Å². The largest absolute Gasteiger partial charge is 0.459 e. The molecule has 0 atom stereocenters. The summed E-state index contributed by atoms with van der Waals surface area (Å²) >= 11 is 0. The van der Waals surface area contributed by atoms with E-state index in [1.165, 1.54) is 44.9 Å². The first-order valence-corrected chi connectivity index (χ1v) is 10.8. The van der Waals surface area contributed by atoms with Crippen molar-refractivity contribution in [3.8, 4) is 0 Å². The molecule has 2 aliphatic rings. The van der Waals surface area contributed by atoms with E-state index in [1.807, 2.05) is 0 Å². The van der Waals surface area contributed by atoms with Crippen LogP contribution in [0.2, 0.25) is 0 Å². The summed E-state index contributed by atoms with van der Waals surface area (Å²) in [5.74, 6) is -11.3. The Hall–Kier alpha value is -0.490. The minimum Gasteiger partial charge on any atom is -0.199 e. The summed E-state index contributed by atoms with van der Waals surface area (Å²) in [6, 6.07) is 0. The lowest BCUT2D eigenvalue weighted by atomic mass is 9.73. The summed E-state index contributed by atoms with van der Waals surface area (Å²) in [4.78, 5) is 0. The molecular formula is C21H33F7. The van der Waals surface area contributed by atoms with Crippen molar-refractivity contribution < 1.29 is 30.7 Å². The Balaban J connectivity index is 1.73. The van der Waals surface area contributed by atoms with Crippen molar-refractivity contribution in [2.45, 2.75) is 108 Å². The van der Waals surface area contributed by atoms with Gasteiger partial charge in [-0.05, 0) is 43.4 Å². The second-order valence-electron chi connectivity index (χ2n) is 9.02. The molecule has 166 valence electrons. The fourth-order valence-corrected chi connectivity index (χ4v) is 5.03. The van der Waals surface area contributed by atoms with Gasteiger partial charge in [-0.2, -0.15) is 30.7 Å². The van der Waals surface area contributed by atoms with Crippen LogP contribution in [0.4, 0.5) is 30.7 Å². The van der Waals surface area contributed by atoms with Crippen LogP contribution in [0.15, 0.2) is 0 Å². The van der Waals surface area contributed by atoms with Gasteiger partial charge in [-0.1, -0.05) is 64.7 Å². The van der Waals surface area contributed by atoms with E-state index >= 15 is 0 Å². The van der Waals surface area contributed by atoms with Crippen LogP contribution in [-0.2, 0) is 0 Å². The third-order valence-corrected chi connectivity index (χ3v) is 7.05. The van der Waals surface area contributed by atoms with Gasteiger partial charge in [0.25, 0.3) is 0 Å². The highest BCUT2D eigenvalue weighted by Crippen LogP contribution is 2.53. The highest BCUT2D eigenvalue weighted by Gasteiger charge is 2.74. The van der Waals surface area contributed by atoms with Crippen LogP contribution >= 0.6 is 0 Å². The van der Waals surface area contributed by atoms with Gasteiger partial charge in [0.2, 0.25) is 0 Å². The van der Waals surface area contributed by atoms with Crippen molar-refractivity contribution in [1.29, 1.82) is 0 Å². The van der Waals surface area contributed by atoms with Gasteiger partial charge in [0.15, 0.2) is 0 Å². The van der Waals surface area contributed by atoms with Crippen molar-refractivity contribution in [3.63, 3.8) is 0 Å². The SMILES string of the molecule is CCCCC1CCC(CCC2CCC(C(F)(F)C(F)(F)C(F)(F)F)CC2)CC1. The van der Waals surface area contributed by atoms with Gasteiger partial charge in [0, 0.05) is 5.92 Å². The second kappa shape index (κ2) is 9.55. The number of alkyl halides is 7. The Morgan fingerprint density at radius 3 is 1.39 bits per heavy atom. The standard InChI is InChI=1S/C21H33F7/c1-2-3-4-15-5-7-16(8-6-15)9-10-17-11-13-18(14-12-17)19(22,23)20(24,25)21(26,27)28/h15-18H,2-14H2,1H3. The Bertz CT molecular complexity index is 456. The fraction of sp³-hybridized carbons (Fsp3) is 1.00. The second-order valence-corrected chi connectivity index (χ2v) is 9.02. The summed E-state index contributed by atoms with van der Waals surface area (Å²) < 4.78 is 91.2. The molecule has 0 amide bonds. The lowest BCUT2D eigenvalue weighted by Crippen LogP contribution is -2.56. The number of rotatable bonds is 8. The number of hydrogen-bond donors (Lipinski definition) is 0. The zero-order chi connectivity index (χ0) is 21.0. The minimum atomic E-state index is -6.22. The molecule has 0 spiro atoms. The zero-order valence-electron chi connectivity index (χ0n) is 16.6. The summed E-state index contributed by atoms with van der Waals surface area (Å²) in [5, 5.41) is 0. The number of hydrogen-bond acceptors (Lipinski definition) is 0. The Kier molecular flexibility index (Phi) is 8.11. The zero-order valence-corrected chi connectivity index (χ0v) is 16.6. The third-order valence-electron chi connectivity index (χ3n) is 7.05. The van der Waals surface area contributed by atoms with Gasteiger partial charge in [0.05, 0.1) is 0 Å². The van der Waals surface area contributed by atoms with E-state index in [0.717, 1.165) is 18.8 Å². The molecule has 2 saturated carbocycles. The lowest BCUT2D eigenvalue weighted by molar-refractivity contribution is -0.367. The molecular weight excluding hydrogens is 385 g/mol. The molecule has 0 unspecified atom stereocenters. The summed E-state index contributed by atoms with van der Waals surface area (Å²) in [7, 11) is 0. The van der Waals surface area contributed by atoms with E-state index < -0.39 is 23.9 Å². The predicted octanol–water partition coefficient (Wildman–Crippen LogP) is 8.40. The molecule has 0 aromatic carbocycles. The first-order chi connectivity index (χ1) is 13.0. The molecule has 0 bridgehead atoms. The smallest absolute Gasteiger partial charge is 0.199 e. The highest BCUT2D eigenvalue weighted by molar-refractivity contribution is 4.97. The lowest BCUT2D eigenvalue weighted by Gasteiger charge is -2.38. The molecule has 2 fully saturated rings. The van der Waals surface area contributed by atoms with Gasteiger partial charge >= 0.3 is 18.0 Å². The molecule has 0 saturated heterocycles. The van der Waals surface area contributed by atoms with Crippen LogP contribution in [0.25, 0.3) is 0 Å². The van der Waals surface area contributed by atoms with E-state index in [2.05, 4.69) is 6.92 Å². The maximum atomic E-state index is 13.8. The van der Waals surface area contributed by atoms with Gasteiger partial charge < -0.3 is 0 Å². The summed E-state index contributed by atoms with van der Waals surface area (Å²) in [5.41, 5.74) is 0. The van der Waals surface area contributed by atoms with Crippen molar-refractivity contribution >= 4 is 0 Å². The van der Waals surface area contributed by atoms with Crippen LogP contribution < -0.4 is 0 Å². The first-order valence-electron chi connectivity index (χ1n) is 10.8. The maximum Gasteiger partial charge on any atom is 0.459 e. The van der Waals surface area contributed by atoms with Crippen LogP contribution in [0.1, 0.15) is 90.4 Å². The van der Waals surface area contributed by atoms with Crippen molar-refractivity contribution in [3.05, 3.63) is 0 Å². The number of unbranched alkanes of at least 4 members (excludes halogenated alkanes) is 1. The van der Waals surface area contributed by atoms with E-state index in [9.17, 15) is 30.7 Å². The highest BCUT2D eigenvalue weighted by atomic mass is 19.4. The van der Waals surface area contributed by atoms with Crippen molar-refractivity contribution in [1.82, 2.24) is 0 Å². The van der Waals surface area contributed by atoms with E-state index in [4.69, 9.17) is 0 Å². The topological polar surface area (TPSA) is 0 Å². The van der Waals surface area contributed by atoms with Crippen LogP contribution in [0, 0.1) is 23.7 Å². The monoisotopic (exact) mass is 418 g/mol. The number of halogens is 7. The molecule has 2 aliphatic carbocycles. The fourth-order valence-electron chi connectivity index (χ4n) is 5.03. The Morgan fingerprint density at radius 2 is 1.00 bits per heavy atom. The quantitative estimate of drug-likeness (QED) is 0.347. The van der Waals surface area contributed by atoms with Gasteiger partial charge in [-0.25, -0.2) is 0 Å². The molecule has 0 aliphatic heterocycles. The van der Waals surface area contributed by atoms with Crippen molar-refractivity contribution in [2.24, 2.45) is 23.7 Å². The van der Waals surface area contributed by atoms with Crippen LogP contribution in [0.3, 0.4) is 0 Å². The molecule has 28 heavy (non-hydrogen) atoms. The molecule has 0 heterocycles. The molecule has 0 nitrogen and oxygen atoms in total. The van der Waals surface area contributed by atoms with E-state index in [0.29, 0.717) is 18.8 Å². The van der Waals surface area contributed by atoms with E-state index in [1.54, 1.807) is 0 Å². The first kappa shape index (κ1) is 23.8. The minimum absolute atomic E-state index is 0.171. The molecule has 7 heteroatoms. The third kappa shape index (κ3) is 5.56. The molecule has 0 N–H and O–H groups in total. The van der Waals surface area contributed by atoms with Crippen LogP contribution in [0.5, 0.6) is 0 Å². The molecule has 0 aromatic heterocycles.